The van der Waals surface area contributed by atoms with Gasteiger partial charge >= 0.3 is 0 Å². The molecule has 1 aromatic heterocycles. The second-order valence-corrected chi connectivity index (χ2v) is 4.10. The molecule has 0 bridgehead atoms. The first-order valence-electron chi connectivity index (χ1n) is 3.52. The van der Waals surface area contributed by atoms with Crippen molar-refractivity contribution in [3.8, 4) is 6.07 Å². The van der Waals surface area contributed by atoms with Crippen LogP contribution in [0, 0.1) is 17.1 Å². The highest BCUT2D eigenvalue weighted by molar-refractivity contribution is 7.92. The van der Waals surface area contributed by atoms with Crippen LogP contribution in [0.15, 0.2) is 18.5 Å². The summed E-state index contributed by atoms with van der Waals surface area (Å²) in [6.45, 7) is 0. The molecule has 7 heteroatoms. The molecular formula is C7H6FN3O2S. The Morgan fingerprint density at radius 3 is 2.93 bits per heavy atom. The van der Waals surface area contributed by atoms with Gasteiger partial charge in [-0.25, -0.2) is 12.8 Å². The minimum atomic E-state index is -3.79. The van der Waals surface area contributed by atoms with Gasteiger partial charge in [-0.2, -0.15) is 5.26 Å². The average Bonchev–Trinajstić information content (AvgIpc) is 2.08. The Morgan fingerprint density at radius 2 is 2.36 bits per heavy atom. The Labute approximate surface area is 80.2 Å². The van der Waals surface area contributed by atoms with Crippen LogP contribution in [0.1, 0.15) is 0 Å². The van der Waals surface area contributed by atoms with Crippen molar-refractivity contribution >= 4 is 15.7 Å². The van der Waals surface area contributed by atoms with Gasteiger partial charge in [0.2, 0.25) is 10.0 Å². The van der Waals surface area contributed by atoms with Crippen LogP contribution in [0.2, 0.25) is 0 Å². The molecule has 0 aliphatic rings. The van der Waals surface area contributed by atoms with Crippen LogP contribution in [-0.2, 0) is 10.0 Å². The Bertz CT molecular complexity index is 466. The van der Waals surface area contributed by atoms with Gasteiger partial charge in [0.15, 0.2) is 11.6 Å². The number of anilines is 1. The molecule has 0 spiro atoms. The predicted molar refractivity (Wildman–Crippen MR) is 47.2 cm³/mol. The first kappa shape index (κ1) is 10.4. The van der Waals surface area contributed by atoms with Crippen molar-refractivity contribution < 1.29 is 12.8 Å². The van der Waals surface area contributed by atoms with Crippen molar-refractivity contribution in [2.75, 3.05) is 10.5 Å². The largest absolute Gasteiger partial charge is 0.280 e. The highest BCUT2D eigenvalue weighted by atomic mass is 32.2. The van der Waals surface area contributed by atoms with E-state index in [9.17, 15) is 12.8 Å². The second kappa shape index (κ2) is 4.02. The highest BCUT2D eigenvalue weighted by Crippen LogP contribution is 2.12. The number of hydrogen-bond acceptors (Lipinski definition) is 4. The van der Waals surface area contributed by atoms with Gasteiger partial charge in [-0.3, -0.25) is 9.71 Å². The molecule has 0 aliphatic heterocycles. The van der Waals surface area contributed by atoms with Crippen LogP contribution in [-0.4, -0.2) is 19.2 Å². The zero-order valence-electron chi connectivity index (χ0n) is 6.94. The number of sulfonamides is 1. The first-order chi connectivity index (χ1) is 6.55. The third-order valence-corrected chi connectivity index (χ3v) is 2.33. The average molecular weight is 215 g/mol. The number of hydrogen-bond donors (Lipinski definition) is 1. The predicted octanol–water partition coefficient (Wildman–Crippen LogP) is 0.486. The van der Waals surface area contributed by atoms with Gasteiger partial charge < -0.3 is 0 Å². The van der Waals surface area contributed by atoms with Crippen LogP contribution in [0.4, 0.5) is 10.1 Å². The summed E-state index contributed by atoms with van der Waals surface area (Å²) in [7, 11) is -3.79. The van der Waals surface area contributed by atoms with Gasteiger partial charge in [0.25, 0.3) is 0 Å². The fraction of sp³-hybridized carbons (Fsp3) is 0.143. The minimum absolute atomic E-state index is 0.213. The molecule has 5 nitrogen and oxygen atoms in total. The van der Waals surface area contributed by atoms with Crippen LogP contribution >= 0.6 is 0 Å². The maximum Gasteiger partial charge on any atom is 0.246 e. The number of pyridine rings is 1. The van der Waals surface area contributed by atoms with Gasteiger partial charge in [-0.15, -0.1) is 0 Å². The summed E-state index contributed by atoms with van der Waals surface area (Å²) >= 11 is 0. The standard InChI is InChI=1S/C7H6FN3O2S/c8-6-5-10-3-1-7(6)11-14(12,13)4-2-9/h1,3,5H,4H2,(H,10,11). The SMILES string of the molecule is N#CCS(=O)(=O)Nc1ccncc1F. The van der Waals surface area contributed by atoms with E-state index in [1.807, 2.05) is 4.72 Å². The van der Waals surface area contributed by atoms with Crippen molar-refractivity contribution in [3.05, 3.63) is 24.3 Å². The van der Waals surface area contributed by atoms with Gasteiger partial charge in [0, 0.05) is 6.20 Å². The van der Waals surface area contributed by atoms with E-state index < -0.39 is 21.6 Å². The lowest BCUT2D eigenvalue weighted by atomic mass is 10.4. The molecule has 1 aromatic rings. The fourth-order valence-corrected chi connectivity index (χ4v) is 1.49. The molecule has 1 N–H and O–H groups in total. The highest BCUT2D eigenvalue weighted by Gasteiger charge is 2.11. The van der Waals surface area contributed by atoms with E-state index in [2.05, 4.69) is 4.98 Å². The molecule has 1 rings (SSSR count). The number of halogens is 1. The first-order valence-corrected chi connectivity index (χ1v) is 5.17. The van der Waals surface area contributed by atoms with Gasteiger partial charge in [-0.1, -0.05) is 0 Å². The van der Waals surface area contributed by atoms with E-state index in [-0.39, 0.29) is 5.69 Å². The number of nitriles is 1. The maximum atomic E-state index is 12.9. The summed E-state index contributed by atoms with van der Waals surface area (Å²) in [5.41, 5.74) is -0.213. The van der Waals surface area contributed by atoms with E-state index in [0.29, 0.717) is 0 Å². The molecule has 0 saturated carbocycles. The van der Waals surface area contributed by atoms with E-state index >= 15 is 0 Å². The summed E-state index contributed by atoms with van der Waals surface area (Å²) in [6, 6.07) is 2.63. The van der Waals surface area contributed by atoms with Gasteiger partial charge in [-0.05, 0) is 6.07 Å². The number of nitrogens with zero attached hydrogens (tertiary/aromatic N) is 2. The lowest BCUT2D eigenvalue weighted by molar-refractivity contribution is 0.601. The summed E-state index contributed by atoms with van der Waals surface area (Å²) in [4.78, 5) is 3.45. The molecule has 0 aromatic carbocycles. The van der Waals surface area contributed by atoms with Gasteiger partial charge in [0.1, 0.15) is 0 Å². The van der Waals surface area contributed by atoms with Gasteiger partial charge in [0.05, 0.1) is 18.0 Å². The Kier molecular flexibility index (Phi) is 2.99. The summed E-state index contributed by atoms with van der Waals surface area (Å²) < 4.78 is 36.9. The molecule has 0 unspecified atom stereocenters. The molecule has 0 aliphatic carbocycles. The third-order valence-electron chi connectivity index (χ3n) is 1.29. The van der Waals surface area contributed by atoms with E-state index in [0.717, 1.165) is 6.20 Å². The Hall–Kier alpha value is -1.68. The second-order valence-electron chi connectivity index (χ2n) is 2.37. The van der Waals surface area contributed by atoms with E-state index in [1.54, 1.807) is 0 Å². The molecule has 14 heavy (non-hydrogen) atoms. The Morgan fingerprint density at radius 1 is 1.64 bits per heavy atom. The quantitative estimate of drug-likeness (QED) is 0.795. The lowest BCUT2D eigenvalue weighted by Crippen LogP contribution is -2.16. The zero-order valence-corrected chi connectivity index (χ0v) is 7.75. The topological polar surface area (TPSA) is 82.8 Å². The van der Waals surface area contributed by atoms with Crippen molar-refractivity contribution in [2.45, 2.75) is 0 Å². The van der Waals surface area contributed by atoms with Crippen molar-refractivity contribution in [2.24, 2.45) is 0 Å². The van der Waals surface area contributed by atoms with Crippen LogP contribution < -0.4 is 4.72 Å². The van der Waals surface area contributed by atoms with E-state index in [1.165, 1.54) is 18.3 Å². The molecule has 74 valence electrons. The van der Waals surface area contributed by atoms with E-state index in [4.69, 9.17) is 5.26 Å². The molecule has 1 heterocycles. The number of aromatic nitrogens is 1. The summed E-state index contributed by atoms with van der Waals surface area (Å²) in [6.07, 6.45) is 2.12. The summed E-state index contributed by atoms with van der Waals surface area (Å²) in [5, 5.41) is 8.17. The molecule has 0 atom stereocenters. The lowest BCUT2D eigenvalue weighted by Gasteiger charge is -2.04. The van der Waals surface area contributed by atoms with Crippen molar-refractivity contribution in [1.82, 2.24) is 4.98 Å². The molecule has 0 saturated heterocycles. The van der Waals surface area contributed by atoms with Crippen LogP contribution in [0.25, 0.3) is 0 Å². The summed E-state index contributed by atoms with van der Waals surface area (Å²) in [5.74, 6) is -1.50. The van der Waals surface area contributed by atoms with Crippen LogP contribution in [0.3, 0.4) is 0 Å². The third kappa shape index (κ3) is 2.67. The smallest absolute Gasteiger partial charge is 0.246 e. The van der Waals surface area contributed by atoms with Crippen molar-refractivity contribution in [1.29, 1.82) is 5.26 Å². The normalized spacial score (nSPS) is 10.6. The molecular weight excluding hydrogens is 209 g/mol. The van der Waals surface area contributed by atoms with Crippen molar-refractivity contribution in [3.63, 3.8) is 0 Å². The number of nitrogens with one attached hydrogen (secondary N) is 1. The zero-order chi connectivity index (χ0) is 10.6. The molecule has 0 amide bonds. The number of rotatable bonds is 3. The maximum absolute atomic E-state index is 12.9. The fourth-order valence-electron chi connectivity index (χ4n) is 0.747. The minimum Gasteiger partial charge on any atom is -0.280 e. The molecule has 0 radical (unpaired) electrons. The van der Waals surface area contributed by atoms with Crippen LogP contribution in [0.5, 0.6) is 0 Å². The monoisotopic (exact) mass is 215 g/mol. The molecule has 0 fully saturated rings. The Balaban J connectivity index is 2.91.